The largest absolute Gasteiger partial charge is 0.475 e. The molecule has 1 amide bonds. The third kappa shape index (κ3) is 3.25. The van der Waals surface area contributed by atoms with Crippen LogP contribution < -0.4 is 9.64 Å². The number of anilines is 1. The molecular formula is C17H22BrNO4. The molecule has 0 aromatic heterocycles. The fourth-order valence-electron chi connectivity index (χ4n) is 3.16. The average Bonchev–Trinajstić information content (AvgIpc) is 2.59. The number of carbonyl (C=O) groups excluding carboxylic acids is 1. The summed E-state index contributed by atoms with van der Waals surface area (Å²) in [5.41, 5.74) is 1.22. The maximum Gasteiger partial charge on any atom is 0.271 e. The number of carbonyl (C=O) groups is 1. The highest BCUT2D eigenvalue weighted by Gasteiger charge is 2.49. The van der Waals surface area contributed by atoms with Crippen LogP contribution in [0.4, 0.5) is 5.69 Å². The standard InChI is InChI=1S/C17H22BrNO4/c1-21-8-2-7-19-14-11-13(12-18)3-4-15(14)23-17(16(19)20)5-9-22-10-6-17/h3-4,11H,2,5-10,12H2,1H3. The van der Waals surface area contributed by atoms with Crippen LogP contribution in [0.2, 0.25) is 0 Å². The number of amides is 1. The van der Waals surface area contributed by atoms with Crippen molar-refractivity contribution < 1.29 is 19.0 Å². The Labute approximate surface area is 145 Å². The molecular weight excluding hydrogens is 362 g/mol. The summed E-state index contributed by atoms with van der Waals surface area (Å²) in [6.45, 7) is 2.39. The van der Waals surface area contributed by atoms with Gasteiger partial charge < -0.3 is 19.1 Å². The number of fused-ring (bicyclic) bond motifs is 1. The van der Waals surface area contributed by atoms with Gasteiger partial charge in [-0.25, -0.2) is 0 Å². The van der Waals surface area contributed by atoms with Crippen molar-refractivity contribution in [3.8, 4) is 5.75 Å². The van der Waals surface area contributed by atoms with E-state index in [-0.39, 0.29) is 5.91 Å². The Hall–Kier alpha value is -1.11. The molecule has 0 radical (unpaired) electrons. The van der Waals surface area contributed by atoms with E-state index in [1.165, 1.54) is 0 Å². The third-order valence-electron chi connectivity index (χ3n) is 4.44. The summed E-state index contributed by atoms with van der Waals surface area (Å²) in [6.07, 6.45) is 2.01. The topological polar surface area (TPSA) is 48.0 Å². The van der Waals surface area contributed by atoms with Gasteiger partial charge in [-0.05, 0) is 24.1 Å². The lowest BCUT2D eigenvalue weighted by Crippen LogP contribution is -2.58. The van der Waals surface area contributed by atoms with E-state index in [9.17, 15) is 4.79 Å². The monoisotopic (exact) mass is 383 g/mol. The molecule has 1 fully saturated rings. The average molecular weight is 384 g/mol. The van der Waals surface area contributed by atoms with Crippen LogP contribution in [0, 0.1) is 0 Å². The minimum atomic E-state index is -0.770. The van der Waals surface area contributed by atoms with Crippen LogP contribution in [0.5, 0.6) is 5.75 Å². The van der Waals surface area contributed by atoms with Gasteiger partial charge in [-0.15, -0.1) is 0 Å². The zero-order valence-electron chi connectivity index (χ0n) is 13.3. The van der Waals surface area contributed by atoms with Crippen LogP contribution in [0.25, 0.3) is 0 Å². The van der Waals surface area contributed by atoms with Crippen molar-refractivity contribution in [1.29, 1.82) is 0 Å². The quantitative estimate of drug-likeness (QED) is 0.579. The molecule has 0 bridgehead atoms. The first-order valence-electron chi connectivity index (χ1n) is 7.97. The van der Waals surface area contributed by atoms with Gasteiger partial charge in [0.2, 0.25) is 0 Å². The minimum absolute atomic E-state index is 0.0520. The van der Waals surface area contributed by atoms with Gasteiger partial charge in [-0.2, -0.15) is 0 Å². The van der Waals surface area contributed by atoms with Gasteiger partial charge in [-0.1, -0.05) is 22.0 Å². The predicted octanol–water partition coefficient (Wildman–Crippen LogP) is 2.89. The first-order valence-corrected chi connectivity index (χ1v) is 9.09. The molecule has 1 spiro atoms. The number of alkyl halides is 1. The summed E-state index contributed by atoms with van der Waals surface area (Å²) in [5, 5.41) is 0.749. The Morgan fingerprint density at radius 2 is 2.13 bits per heavy atom. The van der Waals surface area contributed by atoms with Gasteiger partial charge in [0.15, 0.2) is 5.60 Å². The Balaban J connectivity index is 1.95. The lowest BCUT2D eigenvalue weighted by Gasteiger charge is -2.44. The van der Waals surface area contributed by atoms with Gasteiger partial charge in [0.05, 0.1) is 18.9 Å². The van der Waals surface area contributed by atoms with Gasteiger partial charge >= 0.3 is 0 Å². The van der Waals surface area contributed by atoms with E-state index in [0.29, 0.717) is 39.2 Å². The van der Waals surface area contributed by atoms with Crippen molar-refractivity contribution >= 4 is 27.5 Å². The second-order valence-corrected chi connectivity index (χ2v) is 6.51. The molecule has 126 valence electrons. The Morgan fingerprint density at radius 3 is 2.83 bits per heavy atom. The van der Waals surface area contributed by atoms with Crippen LogP contribution >= 0.6 is 15.9 Å². The highest BCUT2D eigenvalue weighted by Crippen LogP contribution is 2.42. The highest BCUT2D eigenvalue weighted by molar-refractivity contribution is 9.08. The fourth-order valence-corrected chi connectivity index (χ4v) is 3.51. The fraction of sp³-hybridized carbons (Fsp3) is 0.588. The van der Waals surface area contributed by atoms with Gasteiger partial charge in [0.1, 0.15) is 5.75 Å². The molecule has 2 heterocycles. The third-order valence-corrected chi connectivity index (χ3v) is 5.09. The first-order chi connectivity index (χ1) is 11.2. The summed E-state index contributed by atoms with van der Waals surface area (Å²) >= 11 is 3.47. The van der Waals surface area contributed by atoms with Crippen LogP contribution in [0.15, 0.2) is 18.2 Å². The van der Waals surface area contributed by atoms with Crippen molar-refractivity contribution in [3.05, 3.63) is 23.8 Å². The Bertz CT molecular complexity index is 572. The number of hydrogen-bond acceptors (Lipinski definition) is 4. The van der Waals surface area contributed by atoms with Crippen molar-refractivity contribution in [1.82, 2.24) is 0 Å². The molecule has 1 aromatic rings. The number of rotatable bonds is 5. The molecule has 2 aliphatic heterocycles. The van der Waals surface area contributed by atoms with E-state index in [1.807, 2.05) is 23.1 Å². The number of ether oxygens (including phenoxy) is 3. The Morgan fingerprint density at radius 1 is 1.35 bits per heavy atom. The number of methoxy groups -OCH3 is 1. The zero-order chi connectivity index (χ0) is 16.3. The maximum atomic E-state index is 13.2. The molecule has 0 aliphatic carbocycles. The zero-order valence-corrected chi connectivity index (χ0v) is 14.9. The molecule has 23 heavy (non-hydrogen) atoms. The van der Waals surface area contributed by atoms with Crippen LogP contribution in [0.1, 0.15) is 24.8 Å². The van der Waals surface area contributed by atoms with E-state index >= 15 is 0 Å². The van der Waals surface area contributed by atoms with E-state index in [4.69, 9.17) is 14.2 Å². The van der Waals surface area contributed by atoms with Gasteiger partial charge in [0, 0.05) is 38.4 Å². The molecule has 0 saturated carbocycles. The Kier molecular flexibility index (Phi) is 5.24. The normalized spacial score (nSPS) is 19.6. The maximum absolute atomic E-state index is 13.2. The van der Waals surface area contributed by atoms with Crippen molar-refractivity contribution in [2.75, 3.05) is 38.4 Å². The van der Waals surface area contributed by atoms with Crippen molar-refractivity contribution in [2.24, 2.45) is 0 Å². The molecule has 5 nitrogen and oxygen atoms in total. The molecule has 6 heteroatoms. The van der Waals surface area contributed by atoms with E-state index < -0.39 is 5.60 Å². The summed E-state index contributed by atoms with van der Waals surface area (Å²) in [6, 6.07) is 6.03. The molecule has 0 atom stereocenters. The molecule has 1 aromatic carbocycles. The predicted molar refractivity (Wildman–Crippen MR) is 91.3 cm³/mol. The van der Waals surface area contributed by atoms with Gasteiger partial charge in [-0.3, -0.25) is 4.79 Å². The van der Waals surface area contributed by atoms with E-state index in [0.717, 1.165) is 28.8 Å². The molecule has 0 N–H and O–H groups in total. The lowest BCUT2D eigenvalue weighted by atomic mass is 9.90. The van der Waals surface area contributed by atoms with Crippen LogP contribution in [-0.4, -0.2) is 45.0 Å². The summed E-state index contributed by atoms with van der Waals surface area (Å²) < 4.78 is 16.8. The minimum Gasteiger partial charge on any atom is -0.475 e. The molecule has 1 saturated heterocycles. The highest BCUT2D eigenvalue weighted by atomic mass is 79.9. The van der Waals surface area contributed by atoms with Crippen molar-refractivity contribution in [3.63, 3.8) is 0 Å². The summed E-state index contributed by atoms with van der Waals surface area (Å²) in [7, 11) is 1.68. The van der Waals surface area contributed by atoms with E-state index in [2.05, 4.69) is 15.9 Å². The summed E-state index contributed by atoms with van der Waals surface area (Å²) in [5.74, 6) is 0.838. The van der Waals surface area contributed by atoms with Gasteiger partial charge in [0.25, 0.3) is 5.91 Å². The number of hydrogen-bond donors (Lipinski definition) is 0. The molecule has 2 aliphatic rings. The van der Waals surface area contributed by atoms with Crippen LogP contribution in [0.3, 0.4) is 0 Å². The molecule has 3 rings (SSSR count). The summed E-state index contributed by atoms with van der Waals surface area (Å²) in [4.78, 5) is 15.0. The van der Waals surface area contributed by atoms with E-state index in [1.54, 1.807) is 7.11 Å². The lowest BCUT2D eigenvalue weighted by molar-refractivity contribution is -0.144. The smallest absolute Gasteiger partial charge is 0.271 e. The van der Waals surface area contributed by atoms with Crippen LogP contribution in [-0.2, 0) is 19.6 Å². The second-order valence-electron chi connectivity index (χ2n) is 5.95. The first kappa shape index (κ1) is 16.7. The molecule has 0 unspecified atom stereocenters. The second kappa shape index (κ2) is 7.20. The number of benzene rings is 1. The number of nitrogens with zero attached hydrogens (tertiary/aromatic N) is 1. The SMILES string of the molecule is COCCCN1C(=O)C2(CCOCC2)Oc2ccc(CBr)cc21. The number of halogens is 1. The van der Waals surface area contributed by atoms with Crippen molar-refractivity contribution in [2.45, 2.75) is 30.2 Å².